The molecule has 3 nitrogen and oxygen atoms in total. The molecule has 0 fully saturated rings. The van der Waals surface area contributed by atoms with Gasteiger partial charge in [-0.3, -0.25) is 4.31 Å². The zero-order valence-corrected chi connectivity index (χ0v) is 13.3. The molecule has 0 saturated heterocycles. The van der Waals surface area contributed by atoms with Crippen molar-refractivity contribution in [1.29, 1.82) is 0 Å². The molecule has 1 aliphatic rings. The number of fused-ring (bicyclic) bond motifs is 1. The van der Waals surface area contributed by atoms with E-state index in [1.807, 2.05) is 19.1 Å². The van der Waals surface area contributed by atoms with Crippen LogP contribution >= 0.6 is 11.6 Å². The second-order valence-corrected chi connectivity index (χ2v) is 7.57. The summed E-state index contributed by atoms with van der Waals surface area (Å²) in [6, 6.07) is 12.3. The molecule has 0 bridgehead atoms. The number of benzene rings is 2. The summed E-state index contributed by atoms with van der Waals surface area (Å²) in [5.74, 6) is 0. The maximum Gasteiger partial charge on any atom is 0.264 e. The minimum atomic E-state index is -3.56. The van der Waals surface area contributed by atoms with E-state index in [0.29, 0.717) is 11.6 Å². The lowest BCUT2D eigenvalue weighted by Gasteiger charge is -2.30. The van der Waals surface area contributed by atoms with Gasteiger partial charge in [0.05, 0.1) is 10.6 Å². The van der Waals surface area contributed by atoms with E-state index < -0.39 is 10.0 Å². The Hall–Kier alpha value is -1.52. The molecule has 2 aromatic carbocycles. The highest BCUT2D eigenvalue weighted by Crippen LogP contribution is 2.33. The van der Waals surface area contributed by atoms with Gasteiger partial charge in [-0.15, -0.1) is 0 Å². The van der Waals surface area contributed by atoms with Crippen molar-refractivity contribution in [2.24, 2.45) is 0 Å². The van der Waals surface area contributed by atoms with Crippen molar-refractivity contribution >= 4 is 27.3 Å². The maximum absolute atomic E-state index is 12.9. The first-order valence-electron chi connectivity index (χ1n) is 6.86. The van der Waals surface area contributed by atoms with E-state index in [0.717, 1.165) is 29.7 Å². The van der Waals surface area contributed by atoms with Crippen molar-refractivity contribution in [3.63, 3.8) is 0 Å². The Morgan fingerprint density at radius 1 is 1.14 bits per heavy atom. The summed E-state index contributed by atoms with van der Waals surface area (Å²) in [5, 5.41) is 0.428. The van der Waals surface area contributed by atoms with Gasteiger partial charge in [-0.2, -0.15) is 0 Å². The summed E-state index contributed by atoms with van der Waals surface area (Å²) in [5.41, 5.74) is 3.02. The lowest BCUT2D eigenvalue weighted by atomic mass is 10.0. The standard InChI is InChI=1S/C16H16ClNO2S/c1-12-7-8-16-13(10-12)4-3-9-18(16)21(19,20)15-6-2-5-14(17)11-15/h2,5-8,10-11H,3-4,9H2,1H3. The first kappa shape index (κ1) is 14.4. The van der Waals surface area contributed by atoms with Crippen LogP contribution < -0.4 is 4.31 Å². The summed E-state index contributed by atoms with van der Waals surface area (Å²) in [6.07, 6.45) is 1.74. The average molecular weight is 322 g/mol. The van der Waals surface area contributed by atoms with Crippen LogP contribution in [0, 0.1) is 6.92 Å². The summed E-state index contributed by atoms with van der Waals surface area (Å²) in [6.45, 7) is 2.52. The number of nitrogens with zero attached hydrogens (tertiary/aromatic N) is 1. The molecule has 0 N–H and O–H groups in total. The fourth-order valence-electron chi connectivity index (χ4n) is 2.70. The second kappa shape index (κ2) is 5.35. The van der Waals surface area contributed by atoms with Crippen molar-refractivity contribution in [2.45, 2.75) is 24.7 Å². The summed E-state index contributed by atoms with van der Waals surface area (Å²) >= 11 is 5.93. The first-order chi connectivity index (χ1) is 9.98. The van der Waals surface area contributed by atoms with E-state index in [2.05, 4.69) is 6.07 Å². The molecule has 1 aliphatic heterocycles. The molecule has 3 rings (SSSR count). The second-order valence-electron chi connectivity index (χ2n) is 5.27. The summed E-state index contributed by atoms with van der Waals surface area (Å²) in [4.78, 5) is 0.239. The Balaban J connectivity index is 2.09. The van der Waals surface area contributed by atoms with E-state index in [1.165, 1.54) is 10.4 Å². The third-order valence-electron chi connectivity index (χ3n) is 3.70. The molecule has 0 atom stereocenters. The van der Waals surface area contributed by atoms with Crippen molar-refractivity contribution in [3.05, 3.63) is 58.6 Å². The van der Waals surface area contributed by atoms with Crippen LogP contribution in [0.25, 0.3) is 0 Å². The van der Waals surface area contributed by atoms with E-state index in [4.69, 9.17) is 11.6 Å². The SMILES string of the molecule is Cc1ccc2c(c1)CCCN2S(=O)(=O)c1cccc(Cl)c1. The molecule has 0 aliphatic carbocycles. The van der Waals surface area contributed by atoms with Crippen LogP contribution in [-0.2, 0) is 16.4 Å². The number of rotatable bonds is 2. The molecule has 2 aromatic rings. The van der Waals surface area contributed by atoms with Crippen LogP contribution in [0.15, 0.2) is 47.4 Å². The molecule has 110 valence electrons. The molecule has 0 spiro atoms. The summed E-state index contributed by atoms with van der Waals surface area (Å²) in [7, 11) is -3.56. The molecule has 1 heterocycles. The quantitative estimate of drug-likeness (QED) is 0.844. The molecule has 0 aromatic heterocycles. The average Bonchev–Trinajstić information content (AvgIpc) is 2.46. The highest BCUT2D eigenvalue weighted by Gasteiger charge is 2.29. The number of hydrogen-bond donors (Lipinski definition) is 0. The molecule has 0 saturated carbocycles. The maximum atomic E-state index is 12.9. The zero-order valence-electron chi connectivity index (χ0n) is 11.7. The van der Waals surface area contributed by atoms with E-state index in [-0.39, 0.29) is 4.90 Å². The van der Waals surface area contributed by atoms with Crippen molar-refractivity contribution < 1.29 is 8.42 Å². The van der Waals surface area contributed by atoms with Gasteiger partial charge < -0.3 is 0 Å². The third kappa shape index (κ3) is 2.65. The Labute approximate surface area is 130 Å². The van der Waals surface area contributed by atoms with E-state index in [1.54, 1.807) is 18.2 Å². The van der Waals surface area contributed by atoms with Gasteiger partial charge in [-0.05, 0) is 49.6 Å². The number of anilines is 1. The molecule has 5 heteroatoms. The number of hydrogen-bond acceptors (Lipinski definition) is 2. The largest absolute Gasteiger partial charge is 0.266 e. The molecule has 0 amide bonds. The van der Waals surface area contributed by atoms with Crippen molar-refractivity contribution in [2.75, 3.05) is 10.8 Å². The van der Waals surface area contributed by atoms with Crippen LogP contribution in [0.4, 0.5) is 5.69 Å². The van der Waals surface area contributed by atoms with Gasteiger partial charge in [0.2, 0.25) is 0 Å². The van der Waals surface area contributed by atoms with Gasteiger partial charge in [0.15, 0.2) is 0 Å². The zero-order chi connectivity index (χ0) is 15.0. The fourth-order valence-corrected chi connectivity index (χ4v) is 4.54. The van der Waals surface area contributed by atoms with Crippen LogP contribution in [0.2, 0.25) is 5.02 Å². The first-order valence-corrected chi connectivity index (χ1v) is 8.68. The van der Waals surface area contributed by atoms with Crippen molar-refractivity contribution in [3.8, 4) is 0 Å². The van der Waals surface area contributed by atoms with Gasteiger partial charge in [0, 0.05) is 11.6 Å². The van der Waals surface area contributed by atoms with Gasteiger partial charge in [0.1, 0.15) is 0 Å². The number of aryl methyl sites for hydroxylation is 2. The minimum Gasteiger partial charge on any atom is -0.266 e. The Morgan fingerprint density at radius 3 is 2.71 bits per heavy atom. The highest BCUT2D eigenvalue weighted by molar-refractivity contribution is 7.92. The smallest absolute Gasteiger partial charge is 0.264 e. The fraction of sp³-hybridized carbons (Fsp3) is 0.250. The molecule has 0 unspecified atom stereocenters. The highest BCUT2D eigenvalue weighted by atomic mass is 35.5. The van der Waals surface area contributed by atoms with Crippen LogP contribution in [0.5, 0.6) is 0 Å². The van der Waals surface area contributed by atoms with Gasteiger partial charge >= 0.3 is 0 Å². The topological polar surface area (TPSA) is 37.4 Å². The van der Waals surface area contributed by atoms with Crippen LogP contribution in [0.1, 0.15) is 17.5 Å². The Bertz CT molecular complexity index is 787. The van der Waals surface area contributed by atoms with Crippen molar-refractivity contribution in [1.82, 2.24) is 0 Å². The minimum absolute atomic E-state index is 0.239. The molecule has 0 radical (unpaired) electrons. The number of sulfonamides is 1. The van der Waals surface area contributed by atoms with Gasteiger partial charge in [0.25, 0.3) is 10.0 Å². The lowest BCUT2D eigenvalue weighted by Crippen LogP contribution is -2.35. The summed E-state index contributed by atoms with van der Waals surface area (Å²) < 4.78 is 27.2. The predicted molar refractivity (Wildman–Crippen MR) is 85.5 cm³/mol. The van der Waals surface area contributed by atoms with E-state index in [9.17, 15) is 8.42 Å². The van der Waals surface area contributed by atoms with Gasteiger partial charge in [-0.25, -0.2) is 8.42 Å². The Kier molecular flexibility index (Phi) is 3.68. The van der Waals surface area contributed by atoms with Gasteiger partial charge in [-0.1, -0.05) is 35.4 Å². The molecule has 21 heavy (non-hydrogen) atoms. The monoisotopic (exact) mass is 321 g/mol. The van der Waals surface area contributed by atoms with Crippen LogP contribution in [-0.4, -0.2) is 15.0 Å². The Morgan fingerprint density at radius 2 is 1.95 bits per heavy atom. The lowest BCUT2D eigenvalue weighted by molar-refractivity contribution is 0.586. The molecular weight excluding hydrogens is 306 g/mol. The van der Waals surface area contributed by atoms with E-state index >= 15 is 0 Å². The van der Waals surface area contributed by atoms with Crippen LogP contribution in [0.3, 0.4) is 0 Å². The predicted octanol–water partition coefficient (Wildman–Crippen LogP) is 3.79. The number of halogens is 1. The third-order valence-corrected chi connectivity index (χ3v) is 5.74. The normalized spacial score (nSPS) is 14.9. The molecular formula is C16H16ClNO2S.